The van der Waals surface area contributed by atoms with Crippen molar-refractivity contribution in [1.29, 1.82) is 0 Å². The Hall–Kier alpha value is -3.48. The van der Waals surface area contributed by atoms with Gasteiger partial charge in [0.1, 0.15) is 24.1 Å². The Balaban J connectivity index is 1.31. The molecule has 240 valence electrons. The molecule has 2 N–H and O–H groups in total. The number of nitrogens with zero attached hydrogens (tertiary/aromatic N) is 3. The summed E-state index contributed by atoms with van der Waals surface area (Å²) in [5.74, 6) is 1.34. The van der Waals surface area contributed by atoms with Gasteiger partial charge in [0, 0.05) is 6.42 Å². The quantitative estimate of drug-likeness (QED) is 0.0674. The van der Waals surface area contributed by atoms with Gasteiger partial charge in [-0.2, -0.15) is 0 Å². The largest absolute Gasteiger partial charge is 0.510 e. The van der Waals surface area contributed by atoms with E-state index < -0.39 is 17.8 Å². The summed E-state index contributed by atoms with van der Waals surface area (Å²) in [6.07, 6.45) is -1.76. The SMILES string of the molecule is Cc1cc2c(cc1CC(=O)c1sccc1COCN(c1onc(C)c1Cl)C(C)OC(=O)OCCOCCON(O)O)OCO2. The highest BCUT2D eigenvalue weighted by molar-refractivity contribution is 7.12. The van der Waals surface area contributed by atoms with E-state index in [1.807, 2.05) is 30.5 Å². The van der Waals surface area contributed by atoms with Crippen LogP contribution in [0.1, 0.15) is 39.0 Å². The minimum atomic E-state index is -0.990. The third-order valence-electron chi connectivity index (χ3n) is 6.29. The molecule has 2 aromatic heterocycles. The highest BCUT2D eigenvalue weighted by atomic mass is 35.5. The molecular weight excluding hydrogens is 626 g/mol. The van der Waals surface area contributed by atoms with Crippen LogP contribution >= 0.6 is 22.9 Å². The maximum absolute atomic E-state index is 13.3. The summed E-state index contributed by atoms with van der Waals surface area (Å²) in [6.45, 7) is 5.02. The number of benzene rings is 1. The number of aromatic nitrogens is 1. The first-order valence-corrected chi connectivity index (χ1v) is 14.6. The lowest BCUT2D eigenvalue weighted by Crippen LogP contribution is -2.38. The van der Waals surface area contributed by atoms with E-state index >= 15 is 0 Å². The number of anilines is 1. The van der Waals surface area contributed by atoms with Gasteiger partial charge in [-0.05, 0) is 61.0 Å². The third-order valence-corrected chi connectivity index (χ3v) is 7.73. The van der Waals surface area contributed by atoms with Gasteiger partial charge in [0.05, 0.1) is 36.7 Å². The van der Waals surface area contributed by atoms with Crippen LogP contribution < -0.4 is 14.4 Å². The first-order valence-electron chi connectivity index (χ1n) is 13.3. The van der Waals surface area contributed by atoms with Crippen molar-refractivity contribution >= 4 is 40.8 Å². The molecular formula is C27H32ClN3O12S. The predicted molar refractivity (Wildman–Crippen MR) is 152 cm³/mol. The zero-order valence-electron chi connectivity index (χ0n) is 24.1. The highest BCUT2D eigenvalue weighted by Crippen LogP contribution is 2.35. The number of thiophene rings is 1. The number of ether oxygens (including phenoxy) is 6. The fourth-order valence-corrected chi connectivity index (χ4v) is 5.06. The van der Waals surface area contributed by atoms with Gasteiger partial charge in [-0.15, -0.1) is 11.3 Å². The molecule has 15 nitrogen and oxygen atoms in total. The Kier molecular flexibility index (Phi) is 12.2. The fourth-order valence-electron chi connectivity index (χ4n) is 4.03. The van der Waals surface area contributed by atoms with Crippen molar-refractivity contribution in [3.63, 3.8) is 0 Å². The molecule has 0 spiro atoms. The van der Waals surface area contributed by atoms with E-state index in [4.69, 9.17) is 55.0 Å². The van der Waals surface area contributed by atoms with Crippen LogP contribution in [0.5, 0.6) is 11.5 Å². The van der Waals surface area contributed by atoms with Crippen LogP contribution in [0.3, 0.4) is 0 Å². The van der Waals surface area contributed by atoms with Crippen LogP contribution in [0.25, 0.3) is 0 Å². The Morgan fingerprint density at radius 3 is 2.57 bits per heavy atom. The molecule has 0 fully saturated rings. The maximum Gasteiger partial charge on any atom is 0.510 e. The lowest BCUT2D eigenvalue weighted by Gasteiger charge is -2.27. The van der Waals surface area contributed by atoms with Gasteiger partial charge in [-0.1, -0.05) is 16.8 Å². The summed E-state index contributed by atoms with van der Waals surface area (Å²) >= 11 is 7.69. The molecule has 44 heavy (non-hydrogen) atoms. The van der Waals surface area contributed by atoms with Gasteiger partial charge in [-0.25, -0.2) is 9.63 Å². The first kappa shape index (κ1) is 33.4. The van der Waals surface area contributed by atoms with Gasteiger partial charge >= 0.3 is 6.16 Å². The number of carbonyl (C=O) groups is 2. The average molecular weight is 658 g/mol. The van der Waals surface area contributed by atoms with Crippen molar-refractivity contribution in [1.82, 2.24) is 10.5 Å². The fraction of sp³-hybridized carbons (Fsp3) is 0.444. The Morgan fingerprint density at radius 2 is 1.84 bits per heavy atom. The van der Waals surface area contributed by atoms with Crippen molar-refractivity contribution in [3.8, 4) is 11.5 Å². The van der Waals surface area contributed by atoms with E-state index in [2.05, 4.69) is 9.99 Å². The molecule has 3 heterocycles. The molecule has 0 bridgehead atoms. The molecule has 0 radical (unpaired) electrons. The van der Waals surface area contributed by atoms with E-state index in [-0.39, 0.29) is 69.7 Å². The number of aryl methyl sites for hydroxylation is 2. The number of carbonyl (C=O) groups excluding carboxylic acids is 2. The summed E-state index contributed by atoms with van der Waals surface area (Å²) < 4.78 is 37.7. The number of hydrogen-bond acceptors (Lipinski definition) is 16. The first-order chi connectivity index (χ1) is 21.1. The van der Waals surface area contributed by atoms with E-state index in [9.17, 15) is 9.59 Å². The number of fused-ring (bicyclic) bond motifs is 1. The minimum Gasteiger partial charge on any atom is -0.454 e. The third kappa shape index (κ3) is 9.02. The summed E-state index contributed by atoms with van der Waals surface area (Å²) in [6, 6.07) is 5.51. The van der Waals surface area contributed by atoms with Crippen LogP contribution in [-0.4, -0.2) is 79.1 Å². The zero-order chi connectivity index (χ0) is 31.6. The van der Waals surface area contributed by atoms with Gasteiger partial charge < -0.3 is 32.9 Å². The summed E-state index contributed by atoms with van der Waals surface area (Å²) in [7, 11) is 0. The van der Waals surface area contributed by atoms with Crippen molar-refractivity contribution < 1.29 is 57.8 Å². The van der Waals surface area contributed by atoms with Crippen molar-refractivity contribution in [2.75, 3.05) is 44.9 Å². The maximum atomic E-state index is 13.3. The standard InChI is InChI=1S/C27H32ClN3O12S/c1-16-10-22-23(40-15-39-22)12-20(16)11-21(32)25-19(4-9-44-25)13-37-14-30(26-24(28)17(2)29-43-26)18(3)42-27(33)38-7-5-36-6-8-41-31(34)35/h4,9-10,12,18,34-35H,5-8,11,13-15H2,1-3H3. The molecule has 1 atom stereocenters. The molecule has 0 aliphatic carbocycles. The second-order valence-electron chi connectivity index (χ2n) is 9.36. The van der Waals surface area contributed by atoms with Crippen LogP contribution in [-0.2, 0) is 36.8 Å². The van der Waals surface area contributed by atoms with Crippen LogP contribution in [0.2, 0.25) is 5.02 Å². The minimum absolute atomic E-state index is 0.0135. The van der Waals surface area contributed by atoms with Crippen LogP contribution in [0.4, 0.5) is 10.7 Å². The molecule has 1 aliphatic heterocycles. The molecule has 1 unspecified atom stereocenters. The van der Waals surface area contributed by atoms with E-state index in [1.165, 1.54) is 16.2 Å². The van der Waals surface area contributed by atoms with E-state index in [0.717, 1.165) is 11.1 Å². The Bertz CT molecular complexity index is 1410. The molecule has 0 amide bonds. The predicted octanol–water partition coefficient (Wildman–Crippen LogP) is 4.67. The molecule has 17 heteroatoms. The van der Waals surface area contributed by atoms with E-state index in [1.54, 1.807) is 13.8 Å². The number of hydrogen-bond donors (Lipinski definition) is 2. The van der Waals surface area contributed by atoms with Gasteiger partial charge in [0.15, 0.2) is 23.5 Å². The molecule has 4 rings (SSSR count). The molecule has 1 aromatic carbocycles. The normalized spacial score (nSPS) is 12.9. The van der Waals surface area contributed by atoms with E-state index in [0.29, 0.717) is 27.6 Å². The average Bonchev–Trinajstić information content (AvgIpc) is 3.71. The number of rotatable bonds is 17. The lowest BCUT2D eigenvalue weighted by molar-refractivity contribution is -0.493. The Morgan fingerprint density at radius 1 is 1.09 bits per heavy atom. The summed E-state index contributed by atoms with van der Waals surface area (Å²) in [5, 5.41) is 22.4. The second-order valence-corrected chi connectivity index (χ2v) is 10.6. The Labute approximate surface area is 261 Å². The zero-order valence-corrected chi connectivity index (χ0v) is 25.7. The van der Waals surface area contributed by atoms with Gasteiger partial charge in [-0.3, -0.25) is 20.1 Å². The van der Waals surface area contributed by atoms with Gasteiger partial charge in [0.25, 0.3) is 5.88 Å². The number of halogens is 1. The molecule has 3 aromatic rings. The summed E-state index contributed by atoms with van der Waals surface area (Å²) in [5.41, 5.74) is 2.90. The topological polar surface area (TPSA) is 172 Å². The smallest absolute Gasteiger partial charge is 0.454 e. The second kappa shape index (κ2) is 16.0. The lowest BCUT2D eigenvalue weighted by atomic mass is 10.0. The van der Waals surface area contributed by atoms with Crippen molar-refractivity contribution in [2.24, 2.45) is 0 Å². The van der Waals surface area contributed by atoms with Crippen LogP contribution in [0, 0.1) is 13.8 Å². The van der Waals surface area contributed by atoms with Gasteiger partial charge in [0.2, 0.25) is 6.79 Å². The van der Waals surface area contributed by atoms with Crippen molar-refractivity contribution in [3.05, 3.63) is 55.9 Å². The number of Topliss-reactive ketones (excluding diaryl/α,β-unsaturated/α-hetero) is 1. The molecule has 0 saturated heterocycles. The highest BCUT2D eigenvalue weighted by Gasteiger charge is 2.27. The van der Waals surface area contributed by atoms with Crippen LogP contribution in [0.15, 0.2) is 28.1 Å². The van der Waals surface area contributed by atoms with Crippen molar-refractivity contribution in [2.45, 2.75) is 40.0 Å². The molecule has 0 saturated carbocycles. The number of ketones is 1. The summed E-state index contributed by atoms with van der Waals surface area (Å²) in [4.78, 5) is 31.9. The molecule has 1 aliphatic rings. The monoisotopic (exact) mass is 657 g/mol.